The maximum absolute atomic E-state index is 13.2. The van der Waals surface area contributed by atoms with Gasteiger partial charge < -0.3 is 4.57 Å². The Morgan fingerprint density at radius 2 is 1.89 bits per heavy atom. The van der Waals surface area contributed by atoms with Crippen molar-refractivity contribution in [3.05, 3.63) is 65.4 Å². The normalized spacial score (nSPS) is 15.0. The summed E-state index contributed by atoms with van der Waals surface area (Å²) in [5, 5.41) is 0.943. The highest BCUT2D eigenvalue weighted by Gasteiger charge is 2.23. The molecule has 5 heteroatoms. The standard InChI is InChI=1S/C22H22N4O/c1-16-22(21(27)15-25-12-4-3-5-13-25)19-10-11-24-14-20(19)26(16)18-8-6-17(23-2)7-9-18/h6-11,14H,3-5,12-13,15H2,1H3. The number of nitrogens with zero attached hydrogens (tertiary/aromatic N) is 4. The molecule has 0 saturated carbocycles. The Kier molecular flexibility index (Phi) is 4.74. The number of piperidine rings is 1. The van der Waals surface area contributed by atoms with E-state index in [4.69, 9.17) is 6.57 Å². The largest absolute Gasteiger partial charge is 0.312 e. The van der Waals surface area contributed by atoms with Crippen LogP contribution in [0.1, 0.15) is 35.3 Å². The Labute approximate surface area is 159 Å². The molecule has 1 saturated heterocycles. The molecule has 1 aliphatic heterocycles. The third-order valence-electron chi connectivity index (χ3n) is 5.34. The van der Waals surface area contributed by atoms with Crippen LogP contribution in [0, 0.1) is 13.5 Å². The molecule has 0 atom stereocenters. The third-order valence-corrected chi connectivity index (χ3v) is 5.34. The molecule has 1 aliphatic rings. The van der Waals surface area contributed by atoms with Crippen LogP contribution < -0.4 is 0 Å². The van der Waals surface area contributed by atoms with Crippen LogP contribution in [0.15, 0.2) is 42.7 Å². The van der Waals surface area contributed by atoms with Gasteiger partial charge in [-0.05, 0) is 51.1 Å². The quantitative estimate of drug-likeness (QED) is 0.507. The molecule has 3 heterocycles. The predicted octanol–water partition coefficient (Wildman–Crippen LogP) is 4.55. The van der Waals surface area contributed by atoms with Crippen molar-refractivity contribution in [1.82, 2.24) is 14.5 Å². The van der Waals surface area contributed by atoms with E-state index in [-0.39, 0.29) is 5.78 Å². The minimum Gasteiger partial charge on any atom is -0.312 e. The Bertz CT molecular complexity index is 1020. The topological polar surface area (TPSA) is 42.5 Å². The summed E-state index contributed by atoms with van der Waals surface area (Å²) in [5.41, 5.74) is 4.18. The van der Waals surface area contributed by atoms with Gasteiger partial charge in [0.2, 0.25) is 0 Å². The second-order valence-electron chi connectivity index (χ2n) is 7.08. The highest BCUT2D eigenvalue weighted by Crippen LogP contribution is 2.30. The van der Waals surface area contributed by atoms with Gasteiger partial charge in [-0.3, -0.25) is 14.7 Å². The van der Waals surface area contributed by atoms with Crippen LogP contribution in [0.25, 0.3) is 21.4 Å². The molecule has 0 aliphatic carbocycles. The molecule has 0 spiro atoms. The van der Waals surface area contributed by atoms with Gasteiger partial charge in [0, 0.05) is 28.5 Å². The number of Topliss-reactive ketones (excluding diaryl/α,β-unsaturated/α-hetero) is 1. The van der Waals surface area contributed by atoms with Crippen molar-refractivity contribution in [1.29, 1.82) is 0 Å². The van der Waals surface area contributed by atoms with Crippen molar-refractivity contribution in [2.24, 2.45) is 0 Å². The molecule has 5 nitrogen and oxygen atoms in total. The van der Waals surface area contributed by atoms with Crippen LogP contribution in [-0.2, 0) is 0 Å². The summed E-state index contributed by atoms with van der Waals surface area (Å²) in [7, 11) is 0. The van der Waals surface area contributed by atoms with Crippen LogP contribution in [0.2, 0.25) is 0 Å². The lowest BCUT2D eigenvalue weighted by Crippen LogP contribution is -2.34. The van der Waals surface area contributed by atoms with Crippen molar-refractivity contribution in [2.75, 3.05) is 19.6 Å². The number of carbonyl (C=O) groups is 1. The molecule has 1 fully saturated rings. The molecule has 0 unspecified atom stereocenters. The minimum atomic E-state index is 0.169. The molecule has 1 aromatic carbocycles. The number of benzene rings is 1. The molecule has 0 amide bonds. The number of fused-ring (bicyclic) bond motifs is 1. The van der Waals surface area contributed by atoms with E-state index in [0.29, 0.717) is 12.2 Å². The van der Waals surface area contributed by atoms with Gasteiger partial charge in [-0.25, -0.2) is 4.85 Å². The van der Waals surface area contributed by atoms with Gasteiger partial charge in [-0.1, -0.05) is 18.6 Å². The smallest absolute Gasteiger partial charge is 0.187 e. The molecule has 27 heavy (non-hydrogen) atoms. The first-order valence-corrected chi connectivity index (χ1v) is 9.37. The molecular formula is C22H22N4O. The van der Waals surface area contributed by atoms with Crippen LogP contribution >= 0.6 is 0 Å². The van der Waals surface area contributed by atoms with Crippen LogP contribution in [-0.4, -0.2) is 39.9 Å². The lowest BCUT2D eigenvalue weighted by Gasteiger charge is -2.25. The summed E-state index contributed by atoms with van der Waals surface area (Å²) in [6.45, 7) is 11.6. The minimum absolute atomic E-state index is 0.169. The zero-order valence-electron chi connectivity index (χ0n) is 15.5. The molecule has 136 valence electrons. The molecule has 0 radical (unpaired) electrons. The van der Waals surface area contributed by atoms with E-state index in [1.165, 1.54) is 19.3 Å². The number of rotatable bonds is 4. The summed E-state index contributed by atoms with van der Waals surface area (Å²) in [6.07, 6.45) is 7.15. The van der Waals surface area contributed by atoms with Crippen molar-refractivity contribution < 1.29 is 4.79 Å². The average Bonchev–Trinajstić information content (AvgIpc) is 3.00. The maximum Gasteiger partial charge on any atom is 0.187 e. The van der Waals surface area contributed by atoms with Crippen molar-refractivity contribution in [3.8, 4) is 5.69 Å². The van der Waals surface area contributed by atoms with Gasteiger partial charge in [-0.2, -0.15) is 0 Å². The van der Waals surface area contributed by atoms with E-state index in [1.54, 1.807) is 18.3 Å². The second kappa shape index (κ2) is 7.34. The van der Waals surface area contributed by atoms with Gasteiger partial charge in [-0.15, -0.1) is 0 Å². The first-order chi connectivity index (χ1) is 13.2. The maximum atomic E-state index is 13.2. The highest BCUT2D eigenvalue weighted by molar-refractivity contribution is 6.10. The van der Waals surface area contributed by atoms with E-state index >= 15 is 0 Å². The Balaban J connectivity index is 1.78. The van der Waals surface area contributed by atoms with Gasteiger partial charge >= 0.3 is 0 Å². The SMILES string of the molecule is [C-]#[N+]c1ccc(-n2c(C)c(C(=O)CN3CCCCC3)c3ccncc32)cc1. The van der Waals surface area contributed by atoms with E-state index < -0.39 is 0 Å². The number of carbonyl (C=O) groups excluding carboxylic acids is 1. The molecular weight excluding hydrogens is 336 g/mol. The number of hydrogen-bond acceptors (Lipinski definition) is 3. The van der Waals surface area contributed by atoms with Crippen LogP contribution in [0.5, 0.6) is 0 Å². The highest BCUT2D eigenvalue weighted by atomic mass is 16.1. The van der Waals surface area contributed by atoms with E-state index in [0.717, 1.165) is 40.9 Å². The summed E-state index contributed by atoms with van der Waals surface area (Å²) < 4.78 is 2.07. The average molecular weight is 358 g/mol. The molecule has 4 rings (SSSR count). The Morgan fingerprint density at radius 3 is 2.59 bits per heavy atom. The first kappa shape index (κ1) is 17.4. The first-order valence-electron chi connectivity index (χ1n) is 9.37. The fraction of sp³-hybridized carbons (Fsp3) is 0.318. The monoisotopic (exact) mass is 358 g/mol. The van der Waals surface area contributed by atoms with Gasteiger partial charge in [0.1, 0.15) is 0 Å². The molecule has 0 bridgehead atoms. The molecule has 3 aromatic rings. The van der Waals surface area contributed by atoms with E-state index in [1.807, 2.05) is 31.3 Å². The van der Waals surface area contributed by atoms with Crippen molar-refractivity contribution in [2.45, 2.75) is 26.2 Å². The van der Waals surface area contributed by atoms with E-state index in [9.17, 15) is 4.79 Å². The molecule has 2 aromatic heterocycles. The summed E-state index contributed by atoms with van der Waals surface area (Å²) in [4.78, 5) is 23.2. The summed E-state index contributed by atoms with van der Waals surface area (Å²) >= 11 is 0. The number of hydrogen-bond donors (Lipinski definition) is 0. The van der Waals surface area contributed by atoms with Gasteiger partial charge in [0.15, 0.2) is 11.5 Å². The summed E-state index contributed by atoms with van der Waals surface area (Å²) in [6, 6.07) is 9.38. The zero-order valence-corrected chi connectivity index (χ0v) is 15.5. The molecule has 0 N–H and O–H groups in total. The zero-order chi connectivity index (χ0) is 18.8. The number of aromatic nitrogens is 2. The fourth-order valence-electron chi connectivity index (χ4n) is 4.02. The second-order valence-corrected chi connectivity index (χ2v) is 7.08. The fourth-order valence-corrected chi connectivity index (χ4v) is 4.02. The van der Waals surface area contributed by atoms with Crippen LogP contribution in [0.4, 0.5) is 5.69 Å². The summed E-state index contributed by atoms with van der Waals surface area (Å²) in [5.74, 6) is 0.169. The van der Waals surface area contributed by atoms with Crippen molar-refractivity contribution in [3.63, 3.8) is 0 Å². The lowest BCUT2D eigenvalue weighted by atomic mass is 10.1. The lowest BCUT2D eigenvalue weighted by molar-refractivity contribution is 0.0916. The number of likely N-dealkylation sites (tertiary alicyclic amines) is 1. The van der Waals surface area contributed by atoms with Gasteiger partial charge in [0.05, 0.1) is 24.8 Å². The number of pyridine rings is 1. The van der Waals surface area contributed by atoms with Crippen LogP contribution in [0.3, 0.4) is 0 Å². The third kappa shape index (κ3) is 3.24. The van der Waals surface area contributed by atoms with E-state index in [2.05, 4.69) is 19.3 Å². The Hall–Kier alpha value is -2.97. The Morgan fingerprint density at radius 1 is 1.15 bits per heavy atom. The predicted molar refractivity (Wildman–Crippen MR) is 107 cm³/mol. The van der Waals surface area contributed by atoms with Crippen molar-refractivity contribution >= 4 is 22.4 Å². The van der Waals surface area contributed by atoms with Gasteiger partial charge in [0.25, 0.3) is 0 Å². The number of ketones is 1.